The Morgan fingerprint density at radius 3 is 2.78 bits per heavy atom. The summed E-state index contributed by atoms with van der Waals surface area (Å²) >= 11 is 0. The molecule has 0 aromatic heterocycles. The average Bonchev–Trinajstić information content (AvgIpc) is 2.83. The summed E-state index contributed by atoms with van der Waals surface area (Å²) in [6.07, 6.45) is 0.630. The third-order valence-electron chi connectivity index (χ3n) is 3.34. The summed E-state index contributed by atoms with van der Waals surface area (Å²) in [5.41, 5.74) is 0.868. The van der Waals surface area contributed by atoms with Crippen LogP contribution in [0, 0.1) is 5.41 Å². The summed E-state index contributed by atoms with van der Waals surface area (Å²) < 4.78 is 10.3. The van der Waals surface area contributed by atoms with E-state index in [2.05, 4.69) is 4.99 Å². The number of hydrogen-bond acceptors (Lipinski definition) is 4. The van der Waals surface area contributed by atoms with E-state index in [-0.39, 0.29) is 5.97 Å². The van der Waals surface area contributed by atoms with Crippen LogP contribution in [-0.4, -0.2) is 32.0 Å². The molecule has 2 rings (SSSR count). The first-order valence-electron chi connectivity index (χ1n) is 6.02. The summed E-state index contributed by atoms with van der Waals surface area (Å²) in [5, 5.41) is 0. The molecule has 96 valence electrons. The van der Waals surface area contributed by atoms with Gasteiger partial charge >= 0.3 is 5.97 Å². The number of hydrogen-bond donors (Lipinski definition) is 0. The van der Waals surface area contributed by atoms with Crippen molar-refractivity contribution >= 4 is 17.4 Å². The lowest BCUT2D eigenvalue weighted by Crippen LogP contribution is -2.39. The average molecular weight is 247 g/mol. The third-order valence-corrected chi connectivity index (χ3v) is 3.34. The van der Waals surface area contributed by atoms with Crippen LogP contribution in [0.15, 0.2) is 35.3 Å². The molecular weight excluding hydrogens is 230 g/mol. The lowest BCUT2D eigenvalue weighted by atomic mass is 9.82. The molecule has 18 heavy (non-hydrogen) atoms. The molecule has 1 unspecified atom stereocenters. The van der Waals surface area contributed by atoms with E-state index in [0.717, 1.165) is 11.4 Å². The molecular formula is C14H17NO3. The van der Waals surface area contributed by atoms with Crippen LogP contribution >= 0.6 is 0 Å². The fourth-order valence-corrected chi connectivity index (χ4v) is 2.16. The second-order valence-electron chi connectivity index (χ2n) is 4.31. The summed E-state index contributed by atoms with van der Waals surface area (Å²) in [5.74, 6) is -0.266. The van der Waals surface area contributed by atoms with Crippen molar-refractivity contribution < 1.29 is 14.3 Å². The first-order valence-corrected chi connectivity index (χ1v) is 6.02. The number of methoxy groups -OCH3 is 1. The van der Waals surface area contributed by atoms with Crippen molar-refractivity contribution in [2.24, 2.45) is 10.4 Å². The van der Waals surface area contributed by atoms with Crippen molar-refractivity contribution in [1.29, 1.82) is 0 Å². The molecule has 4 heteroatoms. The maximum Gasteiger partial charge on any atom is 0.320 e. The lowest BCUT2D eigenvalue weighted by molar-refractivity contribution is -0.149. The zero-order valence-electron chi connectivity index (χ0n) is 10.7. The van der Waals surface area contributed by atoms with Gasteiger partial charge in [0.25, 0.3) is 0 Å². The highest BCUT2D eigenvalue weighted by Crippen LogP contribution is 2.33. The van der Waals surface area contributed by atoms with Crippen molar-refractivity contribution in [1.82, 2.24) is 0 Å². The molecule has 1 heterocycles. The van der Waals surface area contributed by atoms with Crippen LogP contribution in [0.5, 0.6) is 0 Å². The molecule has 1 aromatic rings. The van der Waals surface area contributed by atoms with E-state index < -0.39 is 5.41 Å². The van der Waals surface area contributed by atoms with Gasteiger partial charge < -0.3 is 9.47 Å². The van der Waals surface area contributed by atoms with Gasteiger partial charge in [-0.25, -0.2) is 0 Å². The fraction of sp³-hybridized carbons (Fsp3) is 0.429. The summed E-state index contributed by atoms with van der Waals surface area (Å²) in [6, 6.07) is 9.58. The maximum atomic E-state index is 12.0. The Kier molecular flexibility index (Phi) is 3.77. The minimum absolute atomic E-state index is 0.266. The van der Waals surface area contributed by atoms with Crippen LogP contribution in [0.3, 0.4) is 0 Å². The van der Waals surface area contributed by atoms with E-state index in [1.165, 1.54) is 7.11 Å². The predicted molar refractivity (Wildman–Crippen MR) is 69.1 cm³/mol. The molecule has 0 aliphatic carbocycles. The lowest BCUT2D eigenvalue weighted by Gasteiger charge is -2.23. The number of para-hydroxylation sites is 1. The molecule has 0 N–H and O–H groups in total. The Balaban J connectivity index is 2.37. The van der Waals surface area contributed by atoms with Crippen LogP contribution in [0.4, 0.5) is 5.69 Å². The van der Waals surface area contributed by atoms with Crippen LogP contribution in [0.25, 0.3) is 0 Å². The summed E-state index contributed by atoms with van der Waals surface area (Å²) in [7, 11) is 1.40. The van der Waals surface area contributed by atoms with Gasteiger partial charge in [0.1, 0.15) is 5.41 Å². The zero-order chi connectivity index (χ0) is 13.0. The van der Waals surface area contributed by atoms with Gasteiger partial charge in [0.15, 0.2) is 0 Å². The van der Waals surface area contributed by atoms with Gasteiger partial charge in [0.05, 0.1) is 31.7 Å². The van der Waals surface area contributed by atoms with Gasteiger partial charge in [-0.15, -0.1) is 0 Å². The first kappa shape index (κ1) is 12.8. The van der Waals surface area contributed by atoms with E-state index in [9.17, 15) is 4.79 Å². The van der Waals surface area contributed by atoms with Crippen molar-refractivity contribution in [2.45, 2.75) is 13.3 Å². The Morgan fingerprint density at radius 2 is 2.17 bits per heavy atom. The minimum atomic E-state index is -0.718. The Bertz CT molecular complexity index is 455. The highest BCUT2D eigenvalue weighted by atomic mass is 16.5. The van der Waals surface area contributed by atoms with Gasteiger partial charge in [-0.2, -0.15) is 0 Å². The Hall–Kier alpha value is -1.68. The molecule has 1 atom stereocenters. The van der Waals surface area contributed by atoms with Crippen LogP contribution in [0.1, 0.15) is 13.3 Å². The van der Waals surface area contributed by atoms with Crippen LogP contribution in [0.2, 0.25) is 0 Å². The molecule has 4 nitrogen and oxygen atoms in total. The number of rotatable bonds is 3. The van der Waals surface area contributed by atoms with Gasteiger partial charge in [-0.1, -0.05) is 25.1 Å². The first-order chi connectivity index (χ1) is 8.73. The number of nitrogens with zero attached hydrogens (tertiary/aromatic N) is 1. The minimum Gasteiger partial charge on any atom is -0.468 e. The molecule has 0 bridgehead atoms. The maximum absolute atomic E-state index is 12.0. The van der Waals surface area contributed by atoms with E-state index in [1.54, 1.807) is 0 Å². The van der Waals surface area contributed by atoms with Crippen molar-refractivity contribution in [2.75, 3.05) is 20.3 Å². The predicted octanol–water partition coefficient (Wildman–Crippen LogP) is 2.36. The van der Waals surface area contributed by atoms with E-state index in [0.29, 0.717) is 19.6 Å². The molecule has 1 aromatic carbocycles. The highest BCUT2D eigenvalue weighted by Gasteiger charge is 2.47. The number of carbonyl (C=O) groups is 1. The molecule has 1 aliphatic rings. The third kappa shape index (κ3) is 2.16. The fourth-order valence-electron chi connectivity index (χ4n) is 2.16. The Morgan fingerprint density at radius 1 is 1.44 bits per heavy atom. The van der Waals surface area contributed by atoms with Gasteiger partial charge in [-0.3, -0.25) is 9.79 Å². The van der Waals surface area contributed by atoms with Gasteiger partial charge in [0.2, 0.25) is 0 Å². The second-order valence-corrected chi connectivity index (χ2v) is 4.31. The number of benzene rings is 1. The van der Waals surface area contributed by atoms with E-state index >= 15 is 0 Å². The molecule has 0 spiro atoms. The van der Waals surface area contributed by atoms with Crippen molar-refractivity contribution in [3.8, 4) is 0 Å². The SMILES string of the molecule is CCC1(C(=O)OC)COC/C1=N\c1ccccc1. The molecule has 1 aliphatic heterocycles. The highest BCUT2D eigenvalue weighted by molar-refractivity contribution is 6.09. The normalized spacial score (nSPS) is 25.3. The Labute approximate surface area is 107 Å². The topological polar surface area (TPSA) is 47.9 Å². The summed E-state index contributed by atoms with van der Waals surface area (Å²) in [4.78, 5) is 16.5. The van der Waals surface area contributed by atoms with Gasteiger partial charge in [-0.05, 0) is 18.6 Å². The van der Waals surface area contributed by atoms with Crippen molar-refractivity contribution in [3.05, 3.63) is 30.3 Å². The van der Waals surface area contributed by atoms with Crippen LogP contribution < -0.4 is 0 Å². The van der Waals surface area contributed by atoms with Gasteiger partial charge in [0, 0.05) is 0 Å². The number of ether oxygens (including phenoxy) is 2. The van der Waals surface area contributed by atoms with E-state index in [4.69, 9.17) is 9.47 Å². The smallest absolute Gasteiger partial charge is 0.320 e. The largest absolute Gasteiger partial charge is 0.468 e. The van der Waals surface area contributed by atoms with Crippen LogP contribution in [-0.2, 0) is 14.3 Å². The molecule has 0 amide bonds. The second kappa shape index (κ2) is 5.31. The molecule has 0 radical (unpaired) electrons. The van der Waals surface area contributed by atoms with E-state index in [1.807, 2.05) is 37.3 Å². The monoisotopic (exact) mass is 247 g/mol. The summed E-state index contributed by atoms with van der Waals surface area (Å²) in [6.45, 7) is 2.69. The molecule has 0 saturated carbocycles. The number of carbonyl (C=O) groups excluding carboxylic acids is 1. The molecule has 1 saturated heterocycles. The van der Waals surface area contributed by atoms with Crippen molar-refractivity contribution in [3.63, 3.8) is 0 Å². The quantitative estimate of drug-likeness (QED) is 0.770. The number of aliphatic imine (C=N–C) groups is 1. The molecule has 1 fully saturated rings. The standard InChI is InChI=1S/C14H17NO3/c1-3-14(13(16)17-2)10-18-9-12(14)15-11-7-5-4-6-8-11/h4-8H,3,9-10H2,1-2H3/b15-12+. The number of esters is 1. The zero-order valence-corrected chi connectivity index (χ0v) is 10.7.